The predicted molar refractivity (Wildman–Crippen MR) is 139 cm³/mol. The van der Waals surface area contributed by atoms with Gasteiger partial charge in [0.05, 0.1) is 10.6 Å². The number of anilines is 2. The molecule has 0 aliphatic carbocycles. The summed E-state index contributed by atoms with van der Waals surface area (Å²) in [4.78, 5) is 12.5. The van der Waals surface area contributed by atoms with Crippen molar-refractivity contribution in [2.75, 3.05) is 22.7 Å². The fourth-order valence-corrected chi connectivity index (χ4v) is 5.18. The maximum absolute atomic E-state index is 13.2. The highest BCUT2D eigenvalue weighted by Crippen LogP contribution is 2.50. The van der Waals surface area contributed by atoms with Crippen LogP contribution in [0, 0.1) is 10.1 Å². The molecule has 37 heavy (non-hydrogen) atoms. The molecule has 0 aromatic heterocycles. The van der Waals surface area contributed by atoms with Crippen LogP contribution in [0.5, 0.6) is 5.75 Å². The van der Waals surface area contributed by atoms with Crippen LogP contribution in [0.1, 0.15) is 25.0 Å². The van der Waals surface area contributed by atoms with Gasteiger partial charge in [-0.1, -0.05) is 37.3 Å². The number of hydrogen-bond donors (Lipinski definition) is 2. The van der Waals surface area contributed by atoms with Gasteiger partial charge in [0.15, 0.2) is 0 Å². The van der Waals surface area contributed by atoms with Crippen LogP contribution < -0.4 is 9.62 Å². The first-order chi connectivity index (χ1) is 17.4. The standard InChI is InChI=1S/C25H26FN5O5S/c1-16-25(2,14-17-7-5-4-6-8-17)19-12-20(21(13-23(19)30(16)3)29-37(35,36)15-26)27-28-22-11-18(31(33)34)9-10-24(22)32/h4-13,16,29,32H,14-15H2,1-3H3. The maximum atomic E-state index is 13.2. The van der Waals surface area contributed by atoms with Gasteiger partial charge >= 0.3 is 0 Å². The Morgan fingerprint density at radius 1 is 1.14 bits per heavy atom. The monoisotopic (exact) mass is 527 g/mol. The summed E-state index contributed by atoms with van der Waals surface area (Å²) >= 11 is 0. The molecule has 0 amide bonds. The molecule has 2 atom stereocenters. The molecule has 3 aromatic rings. The fourth-order valence-electron chi connectivity index (χ4n) is 4.62. The van der Waals surface area contributed by atoms with Crippen LogP contribution >= 0.6 is 0 Å². The number of likely N-dealkylation sites (N-methyl/N-ethyl adjacent to an activating group) is 1. The van der Waals surface area contributed by atoms with Gasteiger partial charge in [-0.05, 0) is 42.7 Å². The number of alkyl halides is 1. The molecule has 1 aliphatic rings. The summed E-state index contributed by atoms with van der Waals surface area (Å²) in [6, 6.07) is 14.9. The van der Waals surface area contributed by atoms with Crippen molar-refractivity contribution < 1.29 is 22.8 Å². The molecule has 0 bridgehead atoms. The van der Waals surface area contributed by atoms with Crippen molar-refractivity contribution >= 4 is 38.5 Å². The van der Waals surface area contributed by atoms with Gasteiger partial charge in [0.2, 0.25) is 6.01 Å². The number of nitrogens with zero attached hydrogens (tertiary/aromatic N) is 4. The van der Waals surface area contributed by atoms with Crippen molar-refractivity contribution in [3.05, 3.63) is 81.9 Å². The van der Waals surface area contributed by atoms with Gasteiger partial charge in [0, 0.05) is 36.3 Å². The van der Waals surface area contributed by atoms with E-state index in [9.17, 15) is 28.0 Å². The number of azo groups is 1. The van der Waals surface area contributed by atoms with E-state index in [0.29, 0.717) is 6.42 Å². The second-order valence-electron chi connectivity index (χ2n) is 9.21. The van der Waals surface area contributed by atoms with Crippen molar-refractivity contribution in [3.63, 3.8) is 0 Å². The van der Waals surface area contributed by atoms with Crippen molar-refractivity contribution in [2.24, 2.45) is 10.2 Å². The van der Waals surface area contributed by atoms with Crippen LogP contribution in [-0.4, -0.2) is 37.5 Å². The zero-order chi connectivity index (χ0) is 27.0. The van der Waals surface area contributed by atoms with E-state index in [0.717, 1.165) is 35.0 Å². The molecule has 4 rings (SSSR count). The minimum atomic E-state index is -4.31. The Morgan fingerprint density at radius 2 is 1.81 bits per heavy atom. The Morgan fingerprint density at radius 3 is 2.46 bits per heavy atom. The summed E-state index contributed by atoms with van der Waals surface area (Å²) < 4.78 is 39.6. The highest BCUT2D eigenvalue weighted by molar-refractivity contribution is 7.92. The SMILES string of the molecule is CC1N(C)c2cc(NS(=O)(=O)CF)c(N=Nc3cc([N+](=O)[O-])ccc3O)cc2C1(C)Cc1ccccc1. The number of aromatic hydroxyl groups is 1. The molecule has 3 aromatic carbocycles. The molecule has 1 heterocycles. The van der Waals surface area contributed by atoms with E-state index in [1.165, 1.54) is 0 Å². The molecule has 10 nitrogen and oxygen atoms in total. The Bertz CT molecular complexity index is 1480. The van der Waals surface area contributed by atoms with Gasteiger partial charge in [0.1, 0.15) is 17.1 Å². The third-order valence-electron chi connectivity index (χ3n) is 6.87. The van der Waals surface area contributed by atoms with E-state index in [4.69, 9.17) is 0 Å². The van der Waals surface area contributed by atoms with Gasteiger partial charge in [-0.15, -0.1) is 10.2 Å². The second kappa shape index (κ2) is 9.77. The van der Waals surface area contributed by atoms with Crippen molar-refractivity contribution in [3.8, 4) is 5.75 Å². The summed E-state index contributed by atoms with van der Waals surface area (Å²) in [6.07, 6.45) is 0.685. The lowest BCUT2D eigenvalue weighted by Crippen LogP contribution is -2.40. The van der Waals surface area contributed by atoms with Gasteiger partial charge in [0.25, 0.3) is 15.7 Å². The van der Waals surface area contributed by atoms with Crippen LogP contribution in [0.3, 0.4) is 0 Å². The second-order valence-corrected chi connectivity index (χ2v) is 10.9. The molecule has 12 heteroatoms. The van der Waals surface area contributed by atoms with Crippen LogP contribution in [0.15, 0.2) is 70.9 Å². The number of sulfonamides is 1. The molecule has 194 valence electrons. The number of fused-ring (bicyclic) bond motifs is 1. The topological polar surface area (TPSA) is 138 Å². The summed E-state index contributed by atoms with van der Waals surface area (Å²) in [6.45, 7) is 4.17. The number of phenolic OH excluding ortho intramolecular Hbond substituents is 1. The van der Waals surface area contributed by atoms with Crippen LogP contribution in [0.2, 0.25) is 0 Å². The molecule has 0 radical (unpaired) electrons. The largest absolute Gasteiger partial charge is 0.506 e. The lowest BCUT2D eigenvalue weighted by Gasteiger charge is -2.33. The van der Waals surface area contributed by atoms with Crippen molar-refractivity contribution in [2.45, 2.75) is 31.7 Å². The van der Waals surface area contributed by atoms with E-state index in [-0.39, 0.29) is 34.5 Å². The smallest absolute Gasteiger partial charge is 0.271 e. The Balaban J connectivity index is 1.86. The maximum Gasteiger partial charge on any atom is 0.271 e. The lowest BCUT2D eigenvalue weighted by molar-refractivity contribution is -0.384. The van der Waals surface area contributed by atoms with Crippen LogP contribution in [-0.2, 0) is 21.9 Å². The highest BCUT2D eigenvalue weighted by atomic mass is 32.2. The molecular weight excluding hydrogens is 501 g/mol. The lowest BCUT2D eigenvalue weighted by atomic mass is 9.74. The molecule has 1 aliphatic heterocycles. The number of halogens is 1. The molecule has 0 saturated heterocycles. The van der Waals surface area contributed by atoms with Gasteiger partial charge < -0.3 is 10.0 Å². The molecule has 2 N–H and O–H groups in total. The molecule has 0 fully saturated rings. The number of rotatable bonds is 8. The number of hydrogen-bond acceptors (Lipinski definition) is 8. The third-order valence-corrected chi connectivity index (χ3v) is 7.69. The van der Waals surface area contributed by atoms with E-state index in [1.807, 2.05) is 42.3 Å². The van der Waals surface area contributed by atoms with E-state index in [1.54, 1.807) is 12.1 Å². The normalized spacial score (nSPS) is 19.2. The first-order valence-corrected chi connectivity index (χ1v) is 13.0. The number of phenols is 1. The first kappa shape index (κ1) is 26.0. The average molecular weight is 528 g/mol. The molecule has 2 unspecified atom stereocenters. The molecular formula is C25H26FN5O5S. The van der Waals surface area contributed by atoms with Gasteiger partial charge in [-0.2, -0.15) is 0 Å². The quantitative estimate of drug-likeness (QED) is 0.218. The number of benzene rings is 3. The summed E-state index contributed by atoms with van der Waals surface area (Å²) in [5.41, 5.74) is 1.94. The van der Waals surface area contributed by atoms with E-state index in [2.05, 4.69) is 28.8 Å². The van der Waals surface area contributed by atoms with Crippen LogP contribution in [0.4, 0.5) is 32.8 Å². The fraction of sp³-hybridized carbons (Fsp3) is 0.280. The number of nitro benzene ring substituents is 1. The Kier molecular flexibility index (Phi) is 6.87. The third kappa shape index (κ3) is 5.10. The molecule has 0 spiro atoms. The highest BCUT2D eigenvalue weighted by Gasteiger charge is 2.44. The average Bonchev–Trinajstić information content (AvgIpc) is 3.04. The minimum Gasteiger partial charge on any atom is -0.506 e. The van der Waals surface area contributed by atoms with Crippen LogP contribution in [0.25, 0.3) is 0 Å². The number of non-ortho nitro benzene ring substituents is 1. The summed E-state index contributed by atoms with van der Waals surface area (Å²) in [5.74, 6) is -0.344. The zero-order valence-corrected chi connectivity index (χ0v) is 21.2. The molecule has 0 saturated carbocycles. The zero-order valence-electron chi connectivity index (χ0n) is 20.4. The van der Waals surface area contributed by atoms with Crippen molar-refractivity contribution in [1.82, 2.24) is 0 Å². The van der Waals surface area contributed by atoms with E-state index < -0.39 is 26.4 Å². The Hall–Kier alpha value is -4.06. The number of nitro groups is 1. The van der Waals surface area contributed by atoms with Gasteiger partial charge in [-0.25, -0.2) is 12.8 Å². The predicted octanol–water partition coefficient (Wildman–Crippen LogP) is 5.72. The number of nitrogens with one attached hydrogen (secondary N) is 1. The van der Waals surface area contributed by atoms with E-state index >= 15 is 0 Å². The summed E-state index contributed by atoms with van der Waals surface area (Å²) in [7, 11) is -2.41. The van der Waals surface area contributed by atoms with Gasteiger partial charge in [-0.3, -0.25) is 14.8 Å². The summed E-state index contributed by atoms with van der Waals surface area (Å²) in [5, 5.41) is 29.3. The Labute approximate surface area is 213 Å². The van der Waals surface area contributed by atoms with Crippen molar-refractivity contribution in [1.29, 1.82) is 0 Å². The minimum absolute atomic E-state index is 0.00641. The first-order valence-electron chi connectivity index (χ1n) is 11.4.